The van der Waals surface area contributed by atoms with Crippen LogP contribution in [0.1, 0.15) is 81.8 Å². The topological polar surface area (TPSA) is 299 Å². The van der Waals surface area contributed by atoms with Crippen molar-refractivity contribution >= 4 is 22.3 Å². The van der Waals surface area contributed by atoms with Crippen LogP contribution in [0.3, 0.4) is 0 Å². The summed E-state index contributed by atoms with van der Waals surface area (Å²) in [5.41, 5.74) is 0.266. The number of rotatable bonds is 12. The molecule has 9 N–H and O–H groups in total. The lowest BCUT2D eigenvalue weighted by molar-refractivity contribution is -0.311. The first-order valence-corrected chi connectivity index (χ1v) is 21.8. The number of hydrogen-bond donors (Lipinski definition) is 9. The molecule has 2 aromatic rings. The van der Waals surface area contributed by atoms with E-state index in [1.807, 2.05) is 0 Å². The lowest BCUT2D eigenvalue weighted by atomic mass is 9.75. The van der Waals surface area contributed by atoms with Gasteiger partial charge >= 0.3 is 0 Å². The van der Waals surface area contributed by atoms with E-state index in [0.717, 1.165) is 0 Å². The predicted octanol–water partition coefficient (Wildman–Crippen LogP) is 0.119. The Morgan fingerprint density at radius 3 is 1.69 bits per heavy atom. The highest BCUT2D eigenvalue weighted by Crippen LogP contribution is 2.47. The van der Waals surface area contributed by atoms with E-state index in [9.17, 15) is 55.5 Å². The molecule has 4 aliphatic heterocycles. The normalized spacial score (nSPS) is 40.4. The van der Waals surface area contributed by atoms with Crippen LogP contribution in [-0.2, 0) is 49.1 Å². The first-order chi connectivity index (χ1) is 30.2. The van der Waals surface area contributed by atoms with Gasteiger partial charge in [-0.15, -0.1) is 0 Å². The fourth-order valence-electron chi connectivity index (χ4n) is 9.51. The maximum absolute atomic E-state index is 14.7. The molecule has 358 valence electrons. The van der Waals surface area contributed by atoms with E-state index in [2.05, 4.69) is 0 Å². The summed E-state index contributed by atoms with van der Waals surface area (Å²) in [6.45, 7) is 9.06. The number of phenolic OH excluding ortho intramolecular Hbond substituents is 2. The van der Waals surface area contributed by atoms with Gasteiger partial charge in [-0.25, -0.2) is 0 Å². The molecule has 1 aliphatic carbocycles. The van der Waals surface area contributed by atoms with Crippen LogP contribution in [0.25, 0.3) is 10.8 Å². The largest absolute Gasteiger partial charge is 0.507 e. The van der Waals surface area contributed by atoms with Crippen LogP contribution < -0.4 is 4.74 Å². The van der Waals surface area contributed by atoms with Crippen LogP contribution in [0, 0.1) is 12.8 Å². The summed E-state index contributed by atoms with van der Waals surface area (Å²) in [5, 5.41) is 97.6. The number of Topliss-reactive ketones (excluding diaryl/α,β-unsaturated/α-hetero) is 2. The second-order valence-corrected chi connectivity index (χ2v) is 17.8. The summed E-state index contributed by atoms with van der Waals surface area (Å²) in [5.74, 6) is -3.30. The molecule has 16 unspecified atom stereocenters. The van der Waals surface area contributed by atoms with Crippen LogP contribution in [-0.4, -0.2) is 181 Å². The molecule has 64 heavy (non-hydrogen) atoms. The van der Waals surface area contributed by atoms with Gasteiger partial charge in [-0.3, -0.25) is 9.59 Å². The number of fused-ring (bicyclic) bond motifs is 2. The number of hydrogen-bond acceptors (Lipinski definition) is 20. The first-order valence-electron chi connectivity index (χ1n) is 21.8. The lowest BCUT2D eigenvalue weighted by Gasteiger charge is -2.44. The molecule has 0 radical (unpaired) electrons. The van der Waals surface area contributed by atoms with Gasteiger partial charge < -0.3 is 88.6 Å². The number of aromatic hydroxyl groups is 2. The van der Waals surface area contributed by atoms with Gasteiger partial charge in [0.05, 0.1) is 65.9 Å². The second-order valence-electron chi connectivity index (χ2n) is 17.8. The van der Waals surface area contributed by atoms with Crippen molar-refractivity contribution in [2.24, 2.45) is 5.92 Å². The molecule has 0 spiro atoms. The number of benzene rings is 2. The zero-order valence-corrected chi connectivity index (χ0v) is 36.8. The van der Waals surface area contributed by atoms with Crippen LogP contribution in [0.4, 0.5) is 0 Å². The van der Waals surface area contributed by atoms with Gasteiger partial charge in [0.1, 0.15) is 53.9 Å². The number of methoxy groups -OCH3 is 1. The summed E-state index contributed by atoms with van der Waals surface area (Å²) in [4.78, 5) is 27.3. The standard InChI is InChI=1S/C44H62O20/c1-15-26(61-31-13-27(39(52)19(5)59-31)62-29-11-24(46)37(50)17(3)57-29)10-22-8-21-9-23(43(56-7)36(49)16(2)45)44(42(55)34(21)41(54)33(22)35(15)48)64-32-14-28(40(53)20(6)60-32)63-30-12-25(47)38(51)18(4)58-30/h8,10,17-20,23-25,27-32,36-40,43-44,46-54H,9,11-14H2,1-7H3/t17?,18?,19?,20?,23-,24?,25?,27?,28?,29?,30?,31?,32?,36-,37?,38?,39?,40?,43-,44-/m0/s1. The average molecular weight is 911 g/mol. The molecule has 4 fully saturated rings. The quantitative estimate of drug-likeness (QED) is 0.137. The van der Waals surface area contributed by atoms with E-state index in [-0.39, 0.29) is 65.3 Å². The first kappa shape index (κ1) is 48.8. The van der Waals surface area contributed by atoms with E-state index >= 15 is 0 Å². The summed E-state index contributed by atoms with van der Waals surface area (Å²) >= 11 is 0. The molecule has 20 nitrogen and oxygen atoms in total. The fourth-order valence-corrected chi connectivity index (χ4v) is 9.51. The van der Waals surface area contributed by atoms with Crippen LogP contribution in [0.5, 0.6) is 17.2 Å². The van der Waals surface area contributed by atoms with E-state index in [4.69, 9.17) is 42.6 Å². The zero-order chi connectivity index (χ0) is 46.6. The van der Waals surface area contributed by atoms with E-state index in [1.165, 1.54) is 21.0 Å². The van der Waals surface area contributed by atoms with Crippen molar-refractivity contribution in [3.63, 3.8) is 0 Å². The predicted molar refractivity (Wildman–Crippen MR) is 218 cm³/mol. The van der Waals surface area contributed by atoms with Gasteiger partial charge in [0, 0.05) is 44.3 Å². The zero-order valence-electron chi connectivity index (χ0n) is 36.8. The average Bonchev–Trinajstić information content (AvgIpc) is 3.22. The lowest BCUT2D eigenvalue weighted by Crippen LogP contribution is -2.56. The molecular weight excluding hydrogens is 848 g/mol. The Hall–Kier alpha value is -3.16. The van der Waals surface area contributed by atoms with E-state index in [0.29, 0.717) is 0 Å². The van der Waals surface area contributed by atoms with Crippen molar-refractivity contribution < 1.29 is 98.2 Å². The highest BCUT2D eigenvalue weighted by atomic mass is 16.7. The van der Waals surface area contributed by atoms with Crippen LogP contribution in [0.15, 0.2) is 12.1 Å². The Bertz CT molecular complexity index is 1970. The summed E-state index contributed by atoms with van der Waals surface area (Å²) < 4.78 is 53.8. The van der Waals surface area contributed by atoms with Gasteiger partial charge in [0.2, 0.25) is 6.29 Å². The third-order valence-corrected chi connectivity index (χ3v) is 13.3. The third kappa shape index (κ3) is 9.65. The van der Waals surface area contributed by atoms with Crippen molar-refractivity contribution in [2.45, 2.75) is 190 Å². The highest BCUT2D eigenvalue weighted by Gasteiger charge is 2.50. The highest BCUT2D eigenvalue weighted by molar-refractivity contribution is 6.11. The molecular formula is C44H62O20. The molecule has 0 amide bonds. The Balaban J connectivity index is 1.16. The summed E-state index contributed by atoms with van der Waals surface area (Å²) in [6.07, 6.45) is -20.8. The number of phenols is 2. The van der Waals surface area contributed by atoms with E-state index < -0.39 is 146 Å². The Labute approximate surface area is 369 Å². The molecule has 0 bridgehead atoms. The summed E-state index contributed by atoms with van der Waals surface area (Å²) in [6, 6.07) is 3.12. The van der Waals surface area contributed by atoms with E-state index in [1.54, 1.807) is 39.8 Å². The minimum absolute atomic E-state index is 0.00331. The molecule has 20 heteroatoms. The van der Waals surface area contributed by atoms with Gasteiger partial charge in [-0.1, -0.05) is 0 Å². The SMILES string of the molecule is CO[C@@H]([C@@H]1Cc2cc3cc(OC4CC(OC5CC(O)C(O)C(C)O5)C(O)C(C)O4)c(C)c(O)c3c(O)c2C(=O)[C@H]1OC1CC(OC2CC(O)C(O)C(C)O2)C(O)C(C)O1)[C@@H](O)C(C)=O. The van der Waals surface area contributed by atoms with Crippen molar-refractivity contribution in [1.29, 1.82) is 0 Å². The molecule has 4 heterocycles. The second kappa shape index (κ2) is 19.6. The van der Waals surface area contributed by atoms with Crippen molar-refractivity contribution in [1.82, 2.24) is 0 Å². The Morgan fingerprint density at radius 1 is 0.703 bits per heavy atom. The Kier molecular flexibility index (Phi) is 14.9. The number of carbonyl (C=O) groups excluding carboxylic acids is 2. The molecule has 0 aromatic heterocycles. The number of aliphatic hydroxyl groups excluding tert-OH is 7. The monoisotopic (exact) mass is 910 g/mol. The Morgan fingerprint density at radius 2 is 1.19 bits per heavy atom. The van der Waals surface area contributed by atoms with Crippen LogP contribution >= 0.6 is 0 Å². The van der Waals surface area contributed by atoms with Gasteiger partial charge in [-0.05, 0) is 71.0 Å². The number of carbonyl (C=O) groups is 2. The molecule has 20 atom stereocenters. The van der Waals surface area contributed by atoms with Gasteiger partial charge in [0.15, 0.2) is 30.4 Å². The number of aliphatic hydroxyl groups is 7. The minimum Gasteiger partial charge on any atom is -0.507 e. The molecule has 7 rings (SSSR count). The number of ketones is 2. The summed E-state index contributed by atoms with van der Waals surface area (Å²) in [7, 11) is 1.27. The smallest absolute Gasteiger partial charge is 0.202 e. The molecule has 4 saturated heterocycles. The maximum Gasteiger partial charge on any atom is 0.202 e. The van der Waals surface area contributed by atoms with Crippen molar-refractivity contribution in [3.05, 3.63) is 28.8 Å². The molecule has 0 saturated carbocycles. The third-order valence-electron chi connectivity index (χ3n) is 13.3. The fraction of sp³-hybridized carbons (Fsp3) is 0.727. The van der Waals surface area contributed by atoms with Crippen molar-refractivity contribution in [2.75, 3.05) is 7.11 Å². The van der Waals surface area contributed by atoms with Crippen LogP contribution in [0.2, 0.25) is 0 Å². The molecule has 5 aliphatic rings. The number of ether oxygens (including phenoxy) is 9. The maximum atomic E-state index is 14.7. The molecule has 2 aromatic carbocycles. The van der Waals surface area contributed by atoms with Gasteiger partial charge in [0.25, 0.3) is 0 Å². The minimum atomic E-state index is -1.69. The van der Waals surface area contributed by atoms with Gasteiger partial charge in [-0.2, -0.15) is 0 Å². The van der Waals surface area contributed by atoms with Crippen molar-refractivity contribution in [3.8, 4) is 17.2 Å².